The van der Waals surface area contributed by atoms with Crippen LogP contribution in [0.5, 0.6) is 0 Å². The van der Waals surface area contributed by atoms with E-state index in [0.29, 0.717) is 4.47 Å². The van der Waals surface area contributed by atoms with Gasteiger partial charge in [-0.1, -0.05) is 46.4 Å². The number of benzene rings is 2. The molecule has 8 heteroatoms. The summed E-state index contributed by atoms with van der Waals surface area (Å²) in [6.07, 6.45) is 0. The quantitative estimate of drug-likeness (QED) is 0.779. The molecule has 0 spiro atoms. The summed E-state index contributed by atoms with van der Waals surface area (Å²) in [7, 11) is -1.49. The zero-order valence-corrected chi connectivity index (χ0v) is 15.6. The van der Waals surface area contributed by atoms with Gasteiger partial charge in [0.05, 0.1) is 18.2 Å². The number of amides is 1. The van der Waals surface area contributed by atoms with Crippen LogP contribution >= 0.6 is 11.6 Å². The molecule has 0 bridgehead atoms. The highest BCUT2D eigenvalue weighted by atomic mass is 35.5. The van der Waals surface area contributed by atoms with Gasteiger partial charge in [-0.3, -0.25) is 9.63 Å². The number of hydrogen-bond donors (Lipinski definition) is 1. The summed E-state index contributed by atoms with van der Waals surface area (Å²) in [6.45, 7) is 1.85. The Morgan fingerprint density at radius 3 is 2.44 bits per heavy atom. The lowest BCUT2D eigenvalue weighted by Gasteiger charge is -2.17. The van der Waals surface area contributed by atoms with Gasteiger partial charge in [-0.25, -0.2) is 8.42 Å². The molecule has 0 aliphatic heterocycles. The highest BCUT2D eigenvalue weighted by Gasteiger charge is 2.25. The van der Waals surface area contributed by atoms with Crippen molar-refractivity contribution in [2.75, 3.05) is 14.2 Å². The van der Waals surface area contributed by atoms with E-state index in [9.17, 15) is 13.2 Å². The third kappa shape index (κ3) is 4.38. The van der Waals surface area contributed by atoms with Crippen molar-refractivity contribution in [2.24, 2.45) is 0 Å². The number of halogens is 1. The van der Waals surface area contributed by atoms with E-state index in [1.165, 1.54) is 32.4 Å². The van der Waals surface area contributed by atoms with E-state index in [1.54, 1.807) is 0 Å². The van der Waals surface area contributed by atoms with Gasteiger partial charge in [0, 0.05) is 12.6 Å². The Balaban J connectivity index is 2.29. The molecular formula is C17H19ClN2O4S. The monoisotopic (exact) mass is 382 g/mol. The van der Waals surface area contributed by atoms with Crippen LogP contribution in [0.1, 0.15) is 28.9 Å². The Morgan fingerprint density at radius 2 is 1.84 bits per heavy atom. The molecule has 0 aromatic heterocycles. The molecule has 0 radical (unpaired) electrons. The number of hydroxylamine groups is 1. The zero-order valence-electron chi connectivity index (χ0n) is 14.1. The van der Waals surface area contributed by atoms with Crippen molar-refractivity contribution < 1.29 is 18.0 Å². The number of rotatable bonds is 6. The minimum absolute atomic E-state index is 0.0107. The molecule has 2 rings (SSSR count). The number of carbonyl (C=O) groups excluding carboxylic acids is 1. The lowest BCUT2D eigenvalue weighted by Crippen LogP contribution is -2.28. The van der Waals surface area contributed by atoms with Crippen molar-refractivity contribution in [3.05, 3.63) is 64.7 Å². The van der Waals surface area contributed by atoms with E-state index in [0.717, 1.165) is 5.56 Å². The molecule has 6 nitrogen and oxygen atoms in total. The van der Waals surface area contributed by atoms with Crippen molar-refractivity contribution in [1.82, 2.24) is 9.79 Å². The van der Waals surface area contributed by atoms with E-state index >= 15 is 0 Å². The smallest absolute Gasteiger partial charge is 0.266 e. The van der Waals surface area contributed by atoms with E-state index in [4.69, 9.17) is 16.4 Å². The van der Waals surface area contributed by atoms with Crippen LogP contribution in [0.25, 0.3) is 0 Å². The predicted octanol–water partition coefficient (Wildman–Crippen LogP) is 3.01. The Hall–Kier alpha value is -1.93. The molecule has 0 fully saturated rings. The van der Waals surface area contributed by atoms with Crippen LogP contribution in [0, 0.1) is 0 Å². The topological polar surface area (TPSA) is 75.7 Å². The summed E-state index contributed by atoms with van der Waals surface area (Å²) < 4.78 is 25.5. The van der Waals surface area contributed by atoms with Crippen LogP contribution in [-0.2, 0) is 14.9 Å². The molecule has 0 aliphatic carbocycles. The fourth-order valence-electron chi connectivity index (χ4n) is 2.18. The molecule has 2 aromatic rings. The van der Waals surface area contributed by atoms with Crippen LogP contribution in [-0.4, -0.2) is 33.0 Å². The number of nitrogens with one attached hydrogen (secondary N) is 1. The SMILES string of the molecule is CON(C)S(=O)(=O)c1cc(C(=O)NC(C)c2ccccc2)ccc1Cl. The molecule has 0 saturated heterocycles. The normalized spacial score (nSPS) is 12.8. The van der Waals surface area contributed by atoms with E-state index < -0.39 is 15.9 Å². The molecule has 1 unspecified atom stereocenters. The van der Waals surface area contributed by atoms with Gasteiger partial charge < -0.3 is 5.32 Å². The first-order chi connectivity index (χ1) is 11.8. The predicted molar refractivity (Wildman–Crippen MR) is 95.7 cm³/mol. The molecule has 134 valence electrons. The summed E-state index contributed by atoms with van der Waals surface area (Å²) in [5.41, 5.74) is 1.13. The molecule has 1 N–H and O–H groups in total. The summed E-state index contributed by atoms with van der Waals surface area (Å²) in [5, 5.41) is 2.84. The van der Waals surface area contributed by atoms with Crippen LogP contribution in [0.15, 0.2) is 53.4 Å². The first-order valence-corrected chi connectivity index (χ1v) is 9.27. The first-order valence-electron chi connectivity index (χ1n) is 7.45. The third-order valence-electron chi connectivity index (χ3n) is 3.71. The summed E-state index contributed by atoms with van der Waals surface area (Å²) in [5.74, 6) is -0.399. The molecular weight excluding hydrogens is 364 g/mol. The zero-order chi connectivity index (χ0) is 18.6. The minimum atomic E-state index is -3.96. The molecule has 0 saturated carbocycles. The molecule has 0 aliphatic rings. The van der Waals surface area contributed by atoms with Crippen LogP contribution in [0.4, 0.5) is 0 Å². The molecule has 1 amide bonds. The van der Waals surface area contributed by atoms with Crippen molar-refractivity contribution in [2.45, 2.75) is 17.9 Å². The maximum atomic E-state index is 12.5. The van der Waals surface area contributed by atoms with Gasteiger partial charge in [-0.15, -0.1) is 0 Å². The second-order valence-corrected chi connectivity index (χ2v) is 7.66. The Labute approximate surface area is 152 Å². The van der Waals surface area contributed by atoms with Crippen molar-refractivity contribution >= 4 is 27.5 Å². The largest absolute Gasteiger partial charge is 0.346 e. The fraction of sp³-hybridized carbons (Fsp3) is 0.235. The third-order valence-corrected chi connectivity index (χ3v) is 5.88. The van der Waals surface area contributed by atoms with Gasteiger partial charge in [-0.05, 0) is 30.7 Å². The maximum absolute atomic E-state index is 12.5. The molecule has 2 aromatic carbocycles. The Morgan fingerprint density at radius 1 is 1.20 bits per heavy atom. The van der Waals surface area contributed by atoms with Crippen molar-refractivity contribution in [1.29, 1.82) is 0 Å². The van der Waals surface area contributed by atoms with Gasteiger partial charge in [0.2, 0.25) is 0 Å². The van der Waals surface area contributed by atoms with E-state index in [2.05, 4.69) is 5.32 Å². The first kappa shape index (κ1) is 19.4. The highest BCUT2D eigenvalue weighted by Crippen LogP contribution is 2.25. The van der Waals surface area contributed by atoms with E-state index in [1.807, 2.05) is 37.3 Å². The van der Waals surface area contributed by atoms with Gasteiger partial charge in [0.25, 0.3) is 15.9 Å². The van der Waals surface area contributed by atoms with Crippen LogP contribution in [0.3, 0.4) is 0 Å². The highest BCUT2D eigenvalue weighted by molar-refractivity contribution is 7.89. The average Bonchev–Trinajstić information content (AvgIpc) is 2.61. The van der Waals surface area contributed by atoms with Gasteiger partial charge in [-0.2, -0.15) is 0 Å². The maximum Gasteiger partial charge on any atom is 0.266 e. The minimum Gasteiger partial charge on any atom is -0.346 e. The van der Waals surface area contributed by atoms with Crippen molar-refractivity contribution in [3.8, 4) is 0 Å². The summed E-state index contributed by atoms with van der Waals surface area (Å²) >= 11 is 5.99. The van der Waals surface area contributed by atoms with Gasteiger partial charge in [0.15, 0.2) is 0 Å². The van der Waals surface area contributed by atoms with Gasteiger partial charge >= 0.3 is 0 Å². The lowest BCUT2D eigenvalue weighted by molar-refractivity contribution is -0.0258. The number of carbonyl (C=O) groups is 1. The number of hydrogen-bond acceptors (Lipinski definition) is 4. The number of nitrogens with zero attached hydrogens (tertiary/aromatic N) is 1. The van der Waals surface area contributed by atoms with Crippen LogP contribution < -0.4 is 5.32 Å². The number of sulfonamides is 1. The lowest BCUT2D eigenvalue weighted by atomic mass is 10.1. The average molecular weight is 383 g/mol. The summed E-state index contributed by atoms with van der Waals surface area (Å²) in [6, 6.07) is 13.3. The van der Waals surface area contributed by atoms with Crippen molar-refractivity contribution in [3.63, 3.8) is 0 Å². The molecule has 0 heterocycles. The second-order valence-electron chi connectivity index (χ2n) is 5.35. The molecule has 1 atom stereocenters. The van der Waals surface area contributed by atoms with E-state index in [-0.39, 0.29) is 21.5 Å². The van der Waals surface area contributed by atoms with Gasteiger partial charge in [0.1, 0.15) is 4.90 Å². The Bertz CT molecular complexity index is 856. The second kappa shape index (κ2) is 7.97. The van der Waals surface area contributed by atoms with Crippen LogP contribution in [0.2, 0.25) is 5.02 Å². The summed E-state index contributed by atoms with van der Waals surface area (Å²) in [4.78, 5) is 17.0. The Kier molecular flexibility index (Phi) is 6.18. The fourth-order valence-corrected chi connectivity index (χ4v) is 3.66. The standard InChI is InChI=1S/C17H19ClN2O4S/c1-12(13-7-5-4-6-8-13)19-17(21)14-9-10-15(18)16(11-14)25(22,23)20(2)24-3/h4-12H,1-3H3,(H,19,21). The molecule has 25 heavy (non-hydrogen) atoms.